The third-order valence-electron chi connectivity index (χ3n) is 19.2. The molecule has 121 heavy (non-hydrogen) atoms. The van der Waals surface area contributed by atoms with E-state index in [1.807, 2.05) is 103 Å². The molecule has 0 spiro atoms. The van der Waals surface area contributed by atoms with Gasteiger partial charge in [0.15, 0.2) is 5.78 Å². The zero-order chi connectivity index (χ0) is 86.7. The third-order valence-corrected chi connectivity index (χ3v) is 19.2. The molecular formula is C98H65N7O16. The number of fused-ring (bicyclic) bond motifs is 11. The van der Waals surface area contributed by atoms with Gasteiger partial charge in [0.1, 0.15) is 23.1 Å². The zero-order valence-electron chi connectivity index (χ0n) is 65.8. The molecular weight excluding hydrogens is 1530 g/mol. The molecule has 0 bridgehead atoms. The standard InChI is InChI=1S/2C22H14N2O4.C19H15NO2.C18H11NO3.C17H11NO3/c1-23-19(21(25)27-3)17-13-9-5-7-11-15(13)18(20(24-2)22(26)28-4)16-12-8-6-10-14(16)17;1-24-20(22(26)28-3)19-15-10-6-4-8-13(15)18(17(12-23)21(25)27-2)14-9-5-7-11-16(14)19;1-12(2)22-19(21)18(20-3)17-15-10-6-4-8-13(15)14-9-5-7-11-16(14)17;1-19-16(18(21)22-2)15-11-7-3-5-9-13(11)17(20)14-10-6-4-8-12(14)15;1-18-16(17(19)20-2)15-11-7-3-5-9-13(11)21-14-10-6-4-8-12(14)15/h5-12H,3-4H3;4-11H,2-3H3;4-12H,1-2H3;3-10H,2H3;3-10H,2H3. The minimum atomic E-state index is -0.757. The van der Waals surface area contributed by atoms with Gasteiger partial charge in [-0.1, -0.05) is 231 Å². The minimum absolute atomic E-state index is 0.0410. The molecule has 12 aromatic rings. The van der Waals surface area contributed by atoms with Crippen molar-refractivity contribution in [1.29, 1.82) is 5.26 Å². The van der Waals surface area contributed by atoms with Crippen LogP contribution in [0.15, 0.2) is 260 Å². The van der Waals surface area contributed by atoms with E-state index in [9.17, 15) is 43.6 Å². The van der Waals surface area contributed by atoms with Crippen LogP contribution in [-0.4, -0.2) is 96.3 Å². The molecule has 0 saturated heterocycles. The van der Waals surface area contributed by atoms with E-state index >= 15 is 0 Å². The molecule has 0 atom stereocenters. The minimum Gasteiger partial charge on any atom is -0.474 e. The van der Waals surface area contributed by atoms with Gasteiger partial charge in [0.05, 0.1) is 88.2 Å². The summed E-state index contributed by atoms with van der Waals surface area (Å²) >= 11 is 0. The van der Waals surface area contributed by atoms with Crippen LogP contribution in [0.4, 0.5) is 0 Å². The number of esters is 7. The number of benzene rings is 12. The highest BCUT2D eigenvalue weighted by molar-refractivity contribution is 6.24. The van der Waals surface area contributed by atoms with E-state index in [1.54, 1.807) is 159 Å². The lowest BCUT2D eigenvalue weighted by Gasteiger charge is -2.23. The molecule has 0 fully saturated rings. The number of hydrogen-bond acceptors (Lipinski definition) is 17. The number of methoxy groups -OCH3 is 6. The predicted octanol–water partition coefficient (Wildman–Crippen LogP) is 15.5. The maximum Gasteiger partial charge on any atom is 0.349 e. The van der Waals surface area contributed by atoms with Crippen LogP contribution >= 0.6 is 0 Å². The summed E-state index contributed by atoms with van der Waals surface area (Å²) < 4.78 is 39.7. The van der Waals surface area contributed by atoms with Crippen LogP contribution in [0.5, 0.6) is 11.5 Å². The van der Waals surface area contributed by atoms with Crippen molar-refractivity contribution >= 4 is 130 Å². The van der Waals surface area contributed by atoms with Crippen LogP contribution in [0.3, 0.4) is 0 Å². The first kappa shape index (κ1) is 84.5. The molecule has 15 rings (SSSR count). The first-order chi connectivity index (χ1) is 58.7. The van der Waals surface area contributed by atoms with Crippen molar-refractivity contribution in [3.8, 4) is 28.7 Å². The number of para-hydroxylation sites is 2. The van der Waals surface area contributed by atoms with Crippen molar-refractivity contribution in [3.05, 3.63) is 394 Å². The average molecular weight is 1600 g/mol. The SMILES string of the molecule is [C-]#[N+]C(C(=O)OC(C)C)=C1c2ccccc2-c2ccccc21.[C-]#[N+]C(C(=O)OC)=C1c2ccccc2C(=O)c2ccccc21.[C-]#[N+]C(C(=O)OC)=C1c2ccccc2Oc2ccccc21.[C-]#[N+]C(C(=O)OC)=c1c2ccccc2c(=C(C#N)C(=O)OC)c2ccccc12.[C-]#[N+]C(C(=O)OC)=c1c2ccccc2c(=C([N+]#[C-])C(=O)OC)c2ccccc12. The Labute approximate surface area is 692 Å². The molecule has 0 saturated carbocycles. The molecule has 23 nitrogen and oxygen atoms in total. The van der Waals surface area contributed by atoms with Gasteiger partial charge in [0, 0.05) is 59.8 Å². The van der Waals surface area contributed by atoms with E-state index < -0.39 is 41.8 Å². The van der Waals surface area contributed by atoms with Crippen LogP contribution in [-0.2, 0) is 66.7 Å². The topological polar surface area (TPSA) is 260 Å². The van der Waals surface area contributed by atoms with E-state index in [0.29, 0.717) is 126 Å². The van der Waals surface area contributed by atoms with Gasteiger partial charge in [-0.2, -0.15) is 5.26 Å². The highest BCUT2D eigenvalue weighted by atomic mass is 16.6. The number of carbonyl (C=O) groups is 8. The second kappa shape index (κ2) is 38.1. The Bertz CT molecular complexity index is 6430. The lowest BCUT2D eigenvalue weighted by Crippen LogP contribution is -2.23. The summed E-state index contributed by atoms with van der Waals surface area (Å²) in [6.45, 7) is 48.2. The van der Waals surface area contributed by atoms with Crippen LogP contribution in [0.1, 0.15) is 63.1 Å². The molecule has 2 aliphatic carbocycles. The van der Waals surface area contributed by atoms with E-state index in [4.69, 9.17) is 77.3 Å². The van der Waals surface area contributed by atoms with Gasteiger partial charge < -0.3 is 37.9 Å². The molecule has 0 aromatic heterocycles. The lowest BCUT2D eigenvalue weighted by molar-refractivity contribution is -0.142. The van der Waals surface area contributed by atoms with Gasteiger partial charge in [0.2, 0.25) is 0 Å². The molecule has 3 aliphatic rings. The normalized spacial score (nSPS) is 10.9. The molecule has 0 amide bonds. The first-order valence-electron chi connectivity index (χ1n) is 36.5. The van der Waals surface area contributed by atoms with Crippen LogP contribution in [0, 0.1) is 50.8 Å². The van der Waals surface area contributed by atoms with Crippen LogP contribution in [0.25, 0.3) is 123 Å². The van der Waals surface area contributed by atoms with Gasteiger partial charge >= 0.3 is 41.8 Å². The summed E-state index contributed by atoms with van der Waals surface area (Å²) in [6.07, 6.45) is -0.253. The largest absolute Gasteiger partial charge is 0.474 e. The number of ether oxygens (including phenoxy) is 8. The summed E-state index contributed by atoms with van der Waals surface area (Å²) in [5.41, 5.74) is 8.42. The van der Waals surface area contributed by atoms with E-state index in [2.05, 4.69) is 29.1 Å². The number of nitriles is 1. The predicted molar refractivity (Wildman–Crippen MR) is 453 cm³/mol. The van der Waals surface area contributed by atoms with Crippen LogP contribution in [0.2, 0.25) is 0 Å². The van der Waals surface area contributed by atoms with Gasteiger partial charge in [-0.15, -0.1) is 0 Å². The van der Waals surface area contributed by atoms with Crippen molar-refractivity contribution in [2.45, 2.75) is 20.0 Å². The molecule has 588 valence electrons. The number of nitrogens with zero attached hydrogens (tertiary/aromatic N) is 7. The number of ketones is 1. The Morgan fingerprint density at radius 3 is 0.769 bits per heavy atom. The first-order valence-corrected chi connectivity index (χ1v) is 36.5. The summed E-state index contributed by atoms with van der Waals surface area (Å²) in [7, 11) is 7.36. The van der Waals surface area contributed by atoms with Crippen molar-refractivity contribution in [2.75, 3.05) is 42.7 Å². The quantitative estimate of drug-likeness (QED) is 0.0450. The Morgan fingerprint density at radius 1 is 0.289 bits per heavy atom. The summed E-state index contributed by atoms with van der Waals surface area (Å²) in [5, 5.41) is 15.8. The molecule has 0 unspecified atom stereocenters. The number of carbonyl (C=O) groups excluding carboxylic acids is 8. The monoisotopic (exact) mass is 1600 g/mol. The second-order valence-electron chi connectivity index (χ2n) is 26.1. The van der Waals surface area contributed by atoms with Gasteiger partial charge in [-0.3, -0.25) is 33.6 Å². The average Bonchev–Trinajstić information content (AvgIpc) is 1.58. The lowest BCUT2D eigenvalue weighted by atomic mass is 9.80. The maximum absolute atomic E-state index is 12.6. The number of rotatable bonds is 8. The molecule has 1 heterocycles. The van der Waals surface area contributed by atoms with E-state index in [0.717, 1.165) is 22.3 Å². The summed E-state index contributed by atoms with van der Waals surface area (Å²) in [4.78, 5) is 118. The van der Waals surface area contributed by atoms with Crippen molar-refractivity contribution in [1.82, 2.24) is 0 Å². The maximum atomic E-state index is 12.6. The summed E-state index contributed by atoms with van der Waals surface area (Å²) in [6, 6.07) is 74.2. The molecule has 0 N–H and O–H groups in total. The smallest absolute Gasteiger partial charge is 0.349 e. The molecule has 1 aliphatic heterocycles. The highest BCUT2D eigenvalue weighted by Crippen LogP contribution is 2.47. The Balaban J connectivity index is 0.000000148. The van der Waals surface area contributed by atoms with Crippen LogP contribution < -0.4 is 25.6 Å². The molecule has 0 radical (unpaired) electrons. The second-order valence-corrected chi connectivity index (χ2v) is 26.1. The molecule has 23 heteroatoms. The fourth-order valence-electron chi connectivity index (χ4n) is 14.2. The zero-order valence-corrected chi connectivity index (χ0v) is 65.8. The fourth-order valence-corrected chi connectivity index (χ4v) is 14.2. The van der Waals surface area contributed by atoms with Crippen molar-refractivity contribution in [2.24, 2.45) is 0 Å². The van der Waals surface area contributed by atoms with Crippen molar-refractivity contribution < 1.29 is 76.3 Å². The Morgan fingerprint density at radius 2 is 0.504 bits per heavy atom. The van der Waals surface area contributed by atoms with E-state index in [-0.39, 0.29) is 51.6 Å². The Hall–Kier alpha value is -17.4. The summed E-state index contributed by atoms with van der Waals surface area (Å²) in [5.74, 6) is -3.79. The van der Waals surface area contributed by atoms with Crippen molar-refractivity contribution in [3.63, 3.8) is 0 Å². The van der Waals surface area contributed by atoms with E-state index in [1.165, 1.54) is 42.7 Å². The van der Waals surface area contributed by atoms with Gasteiger partial charge in [0.25, 0.3) is 34.2 Å². The molecule has 12 aromatic carbocycles. The Kier molecular flexibility index (Phi) is 26.6. The van der Waals surface area contributed by atoms with Gasteiger partial charge in [-0.05, 0) is 102 Å². The van der Waals surface area contributed by atoms with Gasteiger partial charge in [-0.25, -0.2) is 33.9 Å². The third kappa shape index (κ3) is 16.5. The highest BCUT2D eigenvalue weighted by Gasteiger charge is 2.34. The number of hydrogen-bond donors (Lipinski definition) is 0. The fraction of sp³-hybridized carbons (Fsp3) is 0.0918.